The lowest BCUT2D eigenvalue weighted by molar-refractivity contribution is -0.116. The van der Waals surface area contributed by atoms with Crippen LogP contribution in [0.3, 0.4) is 0 Å². The molecule has 24 heavy (non-hydrogen) atoms. The fourth-order valence-corrected chi connectivity index (χ4v) is 3.19. The van der Waals surface area contributed by atoms with Crippen molar-refractivity contribution in [1.82, 2.24) is 0 Å². The number of ether oxygens (including phenoxy) is 1. The molecule has 1 heterocycles. The van der Waals surface area contributed by atoms with Gasteiger partial charge in [-0.1, -0.05) is 23.2 Å². The van der Waals surface area contributed by atoms with Crippen molar-refractivity contribution in [3.05, 3.63) is 51.5 Å². The Bertz CT molecular complexity index is 814. The van der Waals surface area contributed by atoms with Crippen LogP contribution in [0.15, 0.2) is 30.3 Å². The maximum Gasteiger partial charge on any atom is 0.255 e. The van der Waals surface area contributed by atoms with Gasteiger partial charge in [0.05, 0.1) is 17.2 Å². The smallest absolute Gasteiger partial charge is 0.255 e. The minimum atomic E-state index is -0.332. The van der Waals surface area contributed by atoms with Gasteiger partial charge in [-0.25, -0.2) is 0 Å². The Morgan fingerprint density at radius 1 is 1.17 bits per heavy atom. The number of halogens is 2. The van der Waals surface area contributed by atoms with Crippen LogP contribution in [0.5, 0.6) is 5.75 Å². The second kappa shape index (κ2) is 6.71. The van der Waals surface area contributed by atoms with Crippen LogP contribution in [-0.2, 0) is 11.2 Å². The second-order valence-corrected chi connectivity index (χ2v) is 6.16. The molecule has 0 unspecified atom stereocenters. The summed E-state index contributed by atoms with van der Waals surface area (Å²) in [6.07, 6.45) is 1.08. The van der Waals surface area contributed by atoms with Gasteiger partial charge in [0.25, 0.3) is 5.91 Å². The molecule has 0 saturated carbocycles. The van der Waals surface area contributed by atoms with E-state index in [1.54, 1.807) is 12.1 Å². The van der Waals surface area contributed by atoms with E-state index in [0.29, 0.717) is 29.8 Å². The molecule has 1 aliphatic rings. The Hall–Kier alpha value is -2.24. The van der Waals surface area contributed by atoms with E-state index in [4.69, 9.17) is 27.9 Å². The molecule has 0 aliphatic carbocycles. The maximum absolute atomic E-state index is 12.4. The summed E-state index contributed by atoms with van der Waals surface area (Å²) in [4.78, 5) is 23.8. The molecule has 0 aromatic heterocycles. The second-order valence-electron chi connectivity index (χ2n) is 5.35. The summed E-state index contributed by atoms with van der Waals surface area (Å²) in [5.74, 6) is 0.00227. The summed E-state index contributed by atoms with van der Waals surface area (Å²) in [5, 5.41) is 6.13. The zero-order chi connectivity index (χ0) is 17.3. The van der Waals surface area contributed by atoms with Gasteiger partial charge in [0.15, 0.2) is 5.75 Å². The number of rotatable bonds is 3. The van der Waals surface area contributed by atoms with E-state index in [0.717, 1.165) is 11.3 Å². The van der Waals surface area contributed by atoms with Crippen molar-refractivity contribution in [1.29, 1.82) is 0 Å². The van der Waals surface area contributed by atoms with Gasteiger partial charge >= 0.3 is 0 Å². The minimum Gasteiger partial charge on any atom is -0.494 e. The van der Waals surface area contributed by atoms with Gasteiger partial charge in [-0.3, -0.25) is 9.59 Å². The van der Waals surface area contributed by atoms with Crippen LogP contribution in [0.25, 0.3) is 0 Å². The molecule has 0 saturated heterocycles. The molecule has 0 fully saturated rings. The number of hydrogen-bond acceptors (Lipinski definition) is 3. The highest BCUT2D eigenvalue weighted by Gasteiger charge is 2.17. The third-order valence-corrected chi connectivity index (χ3v) is 4.28. The zero-order valence-corrected chi connectivity index (χ0v) is 14.3. The third kappa shape index (κ3) is 3.32. The fraction of sp³-hybridized carbons (Fsp3) is 0.176. The SMILES string of the molecule is COc1c(Cl)cc(C(=O)Nc2ccc3c(c2)CCC(=O)N3)cc1Cl. The highest BCUT2D eigenvalue weighted by Crippen LogP contribution is 2.34. The highest BCUT2D eigenvalue weighted by atomic mass is 35.5. The van der Waals surface area contributed by atoms with Crippen molar-refractivity contribution in [3.8, 4) is 5.75 Å². The van der Waals surface area contributed by atoms with Gasteiger partial charge in [0, 0.05) is 23.4 Å². The Balaban J connectivity index is 1.81. The van der Waals surface area contributed by atoms with Crippen LogP contribution in [0.2, 0.25) is 10.0 Å². The molecule has 2 aromatic carbocycles. The highest BCUT2D eigenvalue weighted by molar-refractivity contribution is 6.37. The quantitative estimate of drug-likeness (QED) is 0.859. The summed E-state index contributed by atoms with van der Waals surface area (Å²) in [6, 6.07) is 8.35. The van der Waals surface area contributed by atoms with Gasteiger partial charge in [0.2, 0.25) is 5.91 Å². The molecule has 0 spiro atoms. The number of nitrogens with one attached hydrogen (secondary N) is 2. The summed E-state index contributed by atoms with van der Waals surface area (Å²) in [5.41, 5.74) is 2.73. The zero-order valence-electron chi connectivity index (χ0n) is 12.8. The van der Waals surface area contributed by atoms with Crippen molar-refractivity contribution >= 4 is 46.4 Å². The third-order valence-electron chi connectivity index (χ3n) is 3.72. The van der Waals surface area contributed by atoms with Crippen LogP contribution < -0.4 is 15.4 Å². The normalized spacial score (nSPS) is 13.0. The number of amides is 2. The van der Waals surface area contributed by atoms with E-state index >= 15 is 0 Å². The van der Waals surface area contributed by atoms with Gasteiger partial charge in [0.1, 0.15) is 0 Å². The molecule has 2 aromatic rings. The van der Waals surface area contributed by atoms with Gasteiger partial charge < -0.3 is 15.4 Å². The molecule has 2 amide bonds. The standard InChI is InChI=1S/C17H14Cl2N2O3/c1-24-16-12(18)7-10(8-13(16)19)17(23)20-11-3-4-14-9(6-11)2-5-15(22)21-14/h3-4,6-8H,2,5H2,1H3,(H,20,23)(H,21,22). The molecule has 2 N–H and O–H groups in total. The summed E-state index contributed by atoms with van der Waals surface area (Å²) >= 11 is 12.1. The molecule has 124 valence electrons. The molecule has 5 nitrogen and oxygen atoms in total. The monoisotopic (exact) mass is 364 g/mol. The number of carbonyl (C=O) groups excluding carboxylic acids is 2. The summed E-state index contributed by atoms with van der Waals surface area (Å²) < 4.78 is 5.07. The van der Waals surface area contributed by atoms with Crippen LogP contribution in [0.1, 0.15) is 22.3 Å². The van der Waals surface area contributed by atoms with E-state index in [-0.39, 0.29) is 21.9 Å². The largest absolute Gasteiger partial charge is 0.494 e. The lowest BCUT2D eigenvalue weighted by Gasteiger charge is -2.18. The summed E-state index contributed by atoms with van der Waals surface area (Å²) in [6.45, 7) is 0. The number of methoxy groups -OCH3 is 1. The fourth-order valence-electron chi connectivity index (χ4n) is 2.55. The first kappa shape index (κ1) is 16.6. The molecule has 0 radical (unpaired) electrons. The number of anilines is 2. The van der Waals surface area contributed by atoms with E-state index in [2.05, 4.69) is 10.6 Å². The van der Waals surface area contributed by atoms with Crippen LogP contribution in [-0.4, -0.2) is 18.9 Å². The van der Waals surface area contributed by atoms with E-state index in [1.807, 2.05) is 6.07 Å². The van der Waals surface area contributed by atoms with Crippen LogP contribution >= 0.6 is 23.2 Å². The molecule has 3 rings (SSSR count). The predicted molar refractivity (Wildman–Crippen MR) is 94.4 cm³/mol. The lowest BCUT2D eigenvalue weighted by atomic mass is 10.0. The van der Waals surface area contributed by atoms with E-state index in [1.165, 1.54) is 19.2 Å². The maximum atomic E-state index is 12.4. The van der Waals surface area contributed by atoms with Crippen LogP contribution in [0, 0.1) is 0 Å². The first-order chi connectivity index (χ1) is 11.5. The predicted octanol–water partition coefficient (Wildman–Crippen LogP) is 4.14. The van der Waals surface area contributed by atoms with Crippen molar-refractivity contribution in [2.75, 3.05) is 17.7 Å². The van der Waals surface area contributed by atoms with E-state index < -0.39 is 0 Å². The average molecular weight is 365 g/mol. The average Bonchev–Trinajstić information content (AvgIpc) is 2.54. The molecule has 7 heteroatoms. The Kier molecular flexibility index (Phi) is 4.64. The van der Waals surface area contributed by atoms with Gasteiger partial charge in [-0.15, -0.1) is 0 Å². The van der Waals surface area contributed by atoms with Crippen molar-refractivity contribution in [2.24, 2.45) is 0 Å². The number of fused-ring (bicyclic) bond motifs is 1. The molecule has 0 atom stereocenters. The lowest BCUT2D eigenvalue weighted by Crippen LogP contribution is -2.19. The van der Waals surface area contributed by atoms with Crippen molar-refractivity contribution in [3.63, 3.8) is 0 Å². The number of hydrogen-bond donors (Lipinski definition) is 2. The first-order valence-electron chi connectivity index (χ1n) is 7.25. The number of benzene rings is 2. The number of carbonyl (C=O) groups is 2. The van der Waals surface area contributed by atoms with Crippen molar-refractivity contribution < 1.29 is 14.3 Å². The molecular weight excluding hydrogens is 351 g/mol. The van der Waals surface area contributed by atoms with Crippen molar-refractivity contribution in [2.45, 2.75) is 12.8 Å². The molecular formula is C17H14Cl2N2O3. The molecule has 0 bridgehead atoms. The van der Waals surface area contributed by atoms with Gasteiger partial charge in [-0.05, 0) is 42.3 Å². The Morgan fingerprint density at radius 3 is 2.54 bits per heavy atom. The Morgan fingerprint density at radius 2 is 1.88 bits per heavy atom. The Labute approximate surface area is 148 Å². The topological polar surface area (TPSA) is 67.4 Å². The van der Waals surface area contributed by atoms with Crippen LogP contribution in [0.4, 0.5) is 11.4 Å². The number of aryl methyl sites for hydroxylation is 1. The molecule has 1 aliphatic heterocycles. The minimum absolute atomic E-state index is 0.00167. The van der Waals surface area contributed by atoms with Gasteiger partial charge in [-0.2, -0.15) is 0 Å². The van der Waals surface area contributed by atoms with E-state index in [9.17, 15) is 9.59 Å². The first-order valence-corrected chi connectivity index (χ1v) is 8.00. The summed E-state index contributed by atoms with van der Waals surface area (Å²) in [7, 11) is 1.46.